The minimum absolute atomic E-state index is 0.0344. The number of nitrogens with zero attached hydrogens (tertiary/aromatic N) is 3. The highest BCUT2D eigenvalue weighted by Gasteiger charge is 2.35. The van der Waals surface area contributed by atoms with Crippen molar-refractivity contribution >= 4 is 17.5 Å². The number of fused-ring (bicyclic) bond motifs is 1. The quantitative estimate of drug-likeness (QED) is 0.427. The van der Waals surface area contributed by atoms with Crippen molar-refractivity contribution in [2.24, 2.45) is 0 Å². The zero-order chi connectivity index (χ0) is 26.8. The molecule has 1 aliphatic heterocycles. The maximum atomic E-state index is 13.8. The van der Waals surface area contributed by atoms with Crippen LogP contribution < -0.4 is 19.7 Å². The van der Waals surface area contributed by atoms with Crippen LogP contribution in [-0.2, 0) is 22.4 Å². The number of carbonyl (C=O) groups excluding carboxylic acids is 2. The van der Waals surface area contributed by atoms with Crippen molar-refractivity contribution in [3.63, 3.8) is 0 Å². The summed E-state index contributed by atoms with van der Waals surface area (Å²) in [5.41, 5.74) is 4.47. The molecule has 0 saturated heterocycles. The van der Waals surface area contributed by atoms with Crippen molar-refractivity contribution in [3.8, 4) is 11.5 Å². The molecule has 2 atom stereocenters. The van der Waals surface area contributed by atoms with Gasteiger partial charge < -0.3 is 24.8 Å². The van der Waals surface area contributed by atoms with E-state index in [-0.39, 0.29) is 25.2 Å². The maximum Gasteiger partial charge on any atom is 0.249 e. The van der Waals surface area contributed by atoms with E-state index in [9.17, 15) is 14.7 Å². The average Bonchev–Trinajstić information content (AvgIpc) is 3.56. The molecule has 2 amide bonds. The molecule has 1 fully saturated rings. The predicted octanol–water partition coefficient (Wildman–Crippen LogP) is 3.28. The number of aryl methyl sites for hydroxylation is 1. The molecule has 5 rings (SSSR count). The van der Waals surface area contributed by atoms with Gasteiger partial charge in [0.1, 0.15) is 12.1 Å². The molecule has 200 valence electrons. The standard InChI is InChI=1S/C29H34N4O5/c1-18-23(13-14-34)27(21-9-10-21)33(31-18)19(2)28(35)30-24(15-20-7-5-4-6-8-20)29(36)32(3)22-11-12-25-26(16-22)38-17-37-25/h4-8,11-12,16,19,21,24,34H,9-10,13-15,17H2,1-3H3,(H,30,35)/t19?,24-/m0/s1. The zero-order valence-electron chi connectivity index (χ0n) is 22.0. The van der Waals surface area contributed by atoms with Gasteiger partial charge in [-0.1, -0.05) is 30.3 Å². The molecule has 38 heavy (non-hydrogen) atoms. The van der Waals surface area contributed by atoms with Crippen molar-refractivity contribution in [2.75, 3.05) is 25.3 Å². The molecule has 1 aromatic heterocycles. The van der Waals surface area contributed by atoms with Gasteiger partial charge in [-0.2, -0.15) is 5.10 Å². The predicted molar refractivity (Wildman–Crippen MR) is 142 cm³/mol. The molecule has 0 radical (unpaired) electrons. The molecule has 9 heteroatoms. The molecule has 9 nitrogen and oxygen atoms in total. The van der Waals surface area contributed by atoms with Gasteiger partial charge in [0.2, 0.25) is 18.6 Å². The number of likely N-dealkylation sites (N-methyl/N-ethyl adjacent to an activating group) is 1. The Morgan fingerprint density at radius 2 is 1.89 bits per heavy atom. The molecule has 2 heterocycles. The molecule has 1 saturated carbocycles. The van der Waals surface area contributed by atoms with Crippen LogP contribution in [0.5, 0.6) is 11.5 Å². The summed E-state index contributed by atoms with van der Waals surface area (Å²) in [5.74, 6) is 1.05. The number of aliphatic hydroxyl groups excluding tert-OH is 1. The number of hydrogen-bond acceptors (Lipinski definition) is 6. The van der Waals surface area contributed by atoms with Gasteiger partial charge in [-0.05, 0) is 56.4 Å². The maximum absolute atomic E-state index is 13.8. The number of rotatable bonds is 10. The van der Waals surface area contributed by atoms with Crippen LogP contribution in [0.15, 0.2) is 48.5 Å². The summed E-state index contributed by atoms with van der Waals surface area (Å²) in [6.07, 6.45) is 2.96. The minimum atomic E-state index is -0.791. The first-order valence-electron chi connectivity index (χ1n) is 13.1. The van der Waals surface area contributed by atoms with Gasteiger partial charge in [-0.15, -0.1) is 0 Å². The van der Waals surface area contributed by atoms with Gasteiger partial charge in [0.05, 0.1) is 5.69 Å². The van der Waals surface area contributed by atoms with Crippen molar-refractivity contribution < 1.29 is 24.2 Å². The summed E-state index contributed by atoms with van der Waals surface area (Å²) >= 11 is 0. The van der Waals surface area contributed by atoms with Crippen LogP contribution in [0, 0.1) is 6.92 Å². The van der Waals surface area contributed by atoms with E-state index in [1.165, 1.54) is 4.90 Å². The summed E-state index contributed by atoms with van der Waals surface area (Å²) in [4.78, 5) is 28.9. The second kappa shape index (κ2) is 10.9. The molecular formula is C29H34N4O5. The van der Waals surface area contributed by atoms with Crippen LogP contribution in [0.4, 0.5) is 5.69 Å². The Bertz CT molecular complexity index is 1320. The number of nitrogens with one attached hydrogen (secondary N) is 1. The number of hydrogen-bond donors (Lipinski definition) is 2. The minimum Gasteiger partial charge on any atom is -0.454 e. The van der Waals surface area contributed by atoms with Crippen LogP contribution >= 0.6 is 0 Å². The van der Waals surface area contributed by atoms with E-state index < -0.39 is 12.1 Å². The van der Waals surface area contributed by atoms with Crippen LogP contribution in [0.1, 0.15) is 54.2 Å². The van der Waals surface area contributed by atoms with Gasteiger partial charge in [0.15, 0.2) is 11.5 Å². The first kappa shape index (κ1) is 25.8. The monoisotopic (exact) mass is 518 g/mol. The molecule has 2 aromatic carbocycles. The second-order valence-electron chi connectivity index (χ2n) is 10.0. The van der Waals surface area contributed by atoms with Gasteiger partial charge in [-0.25, -0.2) is 0 Å². The lowest BCUT2D eigenvalue weighted by Crippen LogP contribution is -2.50. The van der Waals surface area contributed by atoms with Crippen LogP contribution in [-0.4, -0.2) is 53.2 Å². The normalized spacial score (nSPS) is 15.7. The first-order chi connectivity index (χ1) is 18.4. The highest BCUT2D eigenvalue weighted by Crippen LogP contribution is 2.43. The van der Waals surface area contributed by atoms with Gasteiger partial charge in [0.25, 0.3) is 0 Å². The van der Waals surface area contributed by atoms with Gasteiger partial charge >= 0.3 is 0 Å². The smallest absolute Gasteiger partial charge is 0.249 e. The fraction of sp³-hybridized carbons (Fsp3) is 0.414. The summed E-state index contributed by atoms with van der Waals surface area (Å²) in [6, 6.07) is 13.6. The number of amides is 2. The van der Waals surface area contributed by atoms with E-state index in [2.05, 4.69) is 10.4 Å². The summed E-state index contributed by atoms with van der Waals surface area (Å²) in [6.45, 7) is 3.91. The van der Waals surface area contributed by atoms with Gasteiger partial charge in [-0.3, -0.25) is 14.3 Å². The molecule has 2 aliphatic rings. The fourth-order valence-electron chi connectivity index (χ4n) is 5.01. The molecule has 0 spiro atoms. The second-order valence-corrected chi connectivity index (χ2v) is 10.0. The van der Waals surface area contributed by atoms with Crippen molar-refractivity contribution in [3.05, 3.63) is 71.0 Å². The highest BCUT2D eigenvalue weighted by molar-refractivity contribution is 5.99. The Morgan fingerprint density at radius 3 is 2.61 bits per heavy atom. The Labute approximate surface area is 222 Å². The van der Waals surface area contributed by atoms with Crippen LogP contribution in [0.2, 0.25) is 0 Å². The van der Waals surface area contributed by atoms with E-state index in [0.29, 0.717) is 35.9 Å². The Kier molecular flexibility index (Phi) is 7.37. The zero-order valence-corrected chi connectivity index (χ0v) is 22.0. The number of carbonyl (C=O) groups is 2. The third-order valence-electron chi connectivity index (χ3n) is 7.29. The summed E-state index contributed by atoms with van der Waals surface area (Å²) in [5, 5.41) is 17.3. The van der Waals surface area contributed by atoms with Crippen LogP contribution in [0.3, 0.4) is 0 Å². The molecule has 0 bridgehead atoms. The number of aromatic nitrogens is 2. The number of ether oxygens (including phenoxy) is 2. The van der Waals surface area contributed by atoms with Crippen molar-refractivity contribution in [1.82, 2.24) is 15.1 Å². The Hall–Kier alpha value is -3.85. The number of anilines is 1. The lowest BCUT2D eigenvalue weighted by molar-refractivity contribution is -0.129. The first-order valence-corrected chi connectivity index (χ1v) is 13.1. The summed E-state index contributed by atoms with van der Waals surface area (Å²) < 4.78 is 12.7. The van der Waals surface area contributed by atoms with E-state index in [1.807, 2.05) is 44.2 Å². The van der Waals surface area contributed by atoms with Gasteiger partial charge in [0, 0.05) is 43.4 Å². The fourth-order valence-corrected chi connectivity index (χ4v) is 5.01. The SMILES string of the molecule is Cc1nn(C(C)C(=O)N[C@@H](Cc2ccccc2)C(=O)N(C)c2ccc3c(c2)OCO3)c(C2CC2)c1CCO. The lowest BCUT2D eigenvalue weighted by atomic mass is 10.0. The van der Waals surface area contributed by atoms with E-state index in [0.717, 1.165) is 35.4 Å². The lowest BCUT2D eigenvalue weighted by Gasteiger charge is -2.26. The Morgan fingerprint density at radius 1 is 1.16 bits per heavy atom. The molecule has 1 aliphatic carbocycles. The molecule has 1 unspecified atom stereocenters. The number of benzene rings is 2. The largest absolute Gasteiger partial charge is 0.454 e. The summed E-state index contributed by atoms with van der Waals surface area (Å²) in [7, 11) is 1.69. The Balaban J connectivity index is 1.39. The van der Waals surface area contributed by atoms with Crippen LogP contribution in [0.25, 0.3) is 0 Å². The third-order valence-corrected chi connectivity index (χ3v) is 7.29. The highest BCUT2D eigenvalue weighted by atomic mass is 16.7. The molecule has 2 N–H and O–H groups in total. The number of aliphatic hydroxyl groups is 1. The topological polar surface area (TPSA) is 106 Å². The van der Waals surface area contributed by atoms with E-state index >= 15 is 0 Å². The van der Waals surface area contributed by atoms with E-state index in [1.54, 1.807) is 29.9 Å². The van der Waals surface area contributed by atoms with Crippen molar-refractivity contribution in [1.29, 1.82) is 0 Å². The van der Waals surface area contributed by atoms with E-state index in [4.69, 9.17) is 9.47 Å². The molecule has 3 aromatic rings. The molecular weight excluding hydrogens is 484 g/mol. The van der Waals surface area contributed by atoms with Crippen molar-refractivity contribution in [2.45, 2.75) is 57.5 Å². The third kappa shape index (κ3) is 5.24. The average molecular weight is 519 g/mol.